The van der Waals surface area contributed by atoms with E-state index in [0.29, 0.717) is 6.07 Å². The van der Waals surface area contributed by atoms with E-state index in [0.717, 1.165) is 18.2 Å². The number of carbonyl (C=O) groups excluding carboxylic acids is 2. The highest BCUT2D eigenvalue weighted by atomic mass is 19.1. The van der Waals surface area contributed by atoms with Crippen LogP contribution in [0.25, 0.3) is 0 Å². The molecule has 84 valence electrons. The minimum atomic E-state index is -0.835. The van der Waals surface area contributed by atoms with Crippen molar-refractivity contribution in [1.82, 2.24) is 5.32 Å². The van der Waals surface area contributed by atoms with Crippen LogP contribution in [0, 0.1) is 11.6 Å². The highest BCUT2D eigenvalue weighted by molar-refractivity contribution is 6.00. The Morgan fingerprint density at radius 3 is 2.31 bits per heavy atom. The SMILES string of the molecule is C=CC(=O)NCC(=O)c1cc(F)cc(F)c1. The zero-order valence-corrected chi connectivity index (χ0v) is 8.30. The average molecular weight is 225 g/mol. The molecule has 0 aliphatic heterocycles. The highest BCUT2D eigenvalue weighted by Gasteiger charge is 2.09. The van der Waals surface area contributed by atoms with E-state index in [-0.39, 0.29) is 12.1 Å². The van der Waals surface area contributed by atoms with E-state index < -0.39 is 23.3 Å². The molecule has 1 amide bonds. The molecule has 0 saturated heterocycles. The van der Waals surface area contributed by atoms with Gasteiger partial charge in [0.1, 0.15) is 11.6 Å². The van der Waals surface area contributed by atoms with Crippen LogP contribution in [0.1, 0.15) is 10.4 Å². The number of halogens is 2. The summed E-state index contributed by atoms with van der Waals surface area (Å²) in [5.41, 5.74) is -0.123. The van der Waals surface area contributed by atoms with E-state index in [1.54, 1.807) is 0 Å². The first-order chi connectivity index (χ1) is 7.52. The van der Waals surface area contributed by atoms with Crippen molar-refractivity contribution in [2.45, 2.75) is 0 Å². The molecule has 0 aliphatic rings. The maximum absolute atomic E-state index is 12.8. The molecule has 0 bridgehead atoms. The highest BCUT2D eigenvalue weighted by Crippen LogP contribution is 2.08. The van der Waals surface area contributed by atoms with Crippen LogP contribution >= 0.6 is 0 Å². The molecule has 0 unspecified atom stereocenters. The van der Waals surface area contributed by atoms with Crippen molar-refractivity contribution < 1.29 is 18.4 Å². The van der Waals surface area contributed by atoms with Crippen LogP contribution in [0.5, 0.6) is 0 Å². The Kier molecular flexibility index (Phi) is 3.88. The van der Waals surface area contributed by atoms with Crippen LogP contribution < -0.4 is 5.32 Å². The zero-order chi connectivity index (χ0) is 12.1. The van der Waals surface area contributed by atoms with Crippen LogP contribution in [-0.4, -0.2) is 18.2 Å². The largest absolute Gasteiger partial charge is 0.345 e. The molecular weight excluding hydrogens is 216 g/mol. The van der Waals surface area contributed by atoms with Gasteiger partial charge in [-0.15, -0.1) is 0 Å². The molecule has 16 heavy (non-hydrogen) atoms. The minimum Gasteiger partial charge on any atom is -0.345 e. The van der Waals surface area contributed by atoms with Crippen molar-refractivity contribution in [3.05, 3.63) is 48.1 Å². The van der Waals surface area contributed by atoms with E-state index in [1.165, 1.54) is 0 Å². The molecule has 0 radical (unpaired) electrons. The van der Waals surface area contributed by atoms with Crippen molar-refractivity contribution in [2.75, 3.05) is 6.54 Å². The molecule has 1 aromatic rings. The molecule has 1 rings (SSSR count). The van der Waals surface area contributed by atoms with Crippen LogP contribution in [-0.2, 0) is 4.79 Å². The molecule has 0 saturated carbocycles. The van der Waals surface area contributed by atoms with Crippen LogP contribution in [0.15, 0.2) is 30.9 Å². The quantitative estimate of drug-likeness (QED) is 0.622. The van der Waals surface area contributed by atoms with E-state index in [1.807, 2.05) is 0 Å². The second-order valence-electron chi connectivity index (χ2n) is 3.00. The van der Waals surface area contributed by atoms with Gasteiger partial charge < -0.3 is 5.32 Å². The Hall–Kier alpha value is -2.04. The number of carbonyl (C=O) groups is 2. The van der Waals surface area contributed by atoms with E-state index in [2.05, 4.69) is 11.9 Å². The maximum atomic E-state index is 12.8. The van der Waals surface area contributed by atoms with Gasteiger partial charge in [0.2, 0.25) is 5.91 Å². The summed E-state index contributed by atoms with van der Waals surface area (Å²) in [5.74, 6) is -2.77. The lowest BCUT2D eigenvalue weighted by molar-refractivity contribution is -0.116. The summed E-state index contributed by atoms with van der Waals surface area (Å²) in [5, 5.41) is 2.22. The third kappa shape index (κ3) is 3.27. The summed E-state index contributed by atoms with van der Waals surface area (Å²) in [7, 11) is 0. The monoisotopic (exact) mass is 225 g/mol. The Bertz CT molecular complexity index is 423. The van der Waals surface area contributed by atoms with Gasteiger partial charge in [-0.2, -0.15) is 0 Å². The molecule has 0 aliphatic carbocycles. The summed E-state index contributed by atoms with van der Waals surface area (Å²) in [6, 6.07) is 2.48. The van der Waals surface area contributed by atoms with Gasteiger partial charge in [-0.05, 0) is 18.2 Å². The molecule has 1 N–H and O–H groups in total. The summed E-state index contributed by atoms with van der Waals surface area (Å²) in [6.45, 7) is 2.87. The number of amides is 1. The molecule has 5 heteroatoms. The number of Topliss-reactive ketones (excluding diaryl/α,β-unsaturated/α-hetero) is 1. The number of rotatable bonds is 4. The smallest absolute Gasteiger partial charge is 0.243 e. The lowest BCUT2D eigenvalue weighted by atomic mass is 10.1. The van der Waals surface area contributed by atoms with Gasteiger partial charge in [-0.3, -0.25) is 9.59 Å². The second kappa shape index (κ2) is 5.16. The molecular formula is C11H9F2NO2. The van der Waals surface area contributed by atoms with E-state index >= 15 is 0 Å². The van der Waals surface area contributed by atoms with E-state index in [9.17, 15) is 18.4 Å². The Balaban J connectivity index is 2.73. The van der Waals surface area contributed by atoms with Crippen molar-refractivity contribution >= 4 is 11.7 Å². The molecule has 0 atom stereocenters. The normalized spacial score (nSPS) is 9.62. The standard InChI is InChI=1S/C11H9F2NO2/c1-2-11(16)14-6-10(15)7-3-8(12)5-9(13)4-7/h2-5H,1,6H2,(H,14,16). The van der Waals surface area contributed by atoms with Gasteiger partial charge in [0, 0.05) is 11.6 Å². The maximum Gasteiger partial charge on any atom is 0.243 e. The molecule has 0 spiro atoms. The lowest BCUT2D eigenvalue weighted by Gasteiger charge is -2.02. The van der Waals surface area contributed by atoms with Crippen molar-refractivity contribution in [3.63, 3.8) is 0 Å². The third-order valence-corrected chi connectivity index (χ3v) is 1.79. The topological polar surface area (TPSA) is 46.2 Å². The fourth-order valence-electron chi connectivity index (χ4n) is 1.06. The summed E-state index contributed by atoms with van der Waals surface area (Å²) in [4.78, 5) is 22.1. The van der Waals surface area contributed by atoms with Gasteiger partial charge in [0.15, 0.2) is 5.78 Å². The Morgan fingerprint density at radius 1 is 1.25 bits per heavy atom. The molecule has 1 aromatic carbocycles. The second-order valence-corrected chi connectivity index (χ2v) is 3.00. The predicted molar refractivity (Wildman–Crippen MR) is 53.9 cm³/mol. The summed E-state index contributed by atoms with van der Waals surface area (Å²) in [6.07, 6.45) is 0.999. The number of hydrogen-bond donors (Lipinski definition) is 1. The lowest BCUT2D eigenvalue weighted by Crippen LogP contribution is -2.27. The minimum absolute atomic E-state index is 0.123. The molecule has 0 fully saturated rings. The summed E-state index contributed by atoms with van der Waals surface area (Å²) < 4.78 is 25.5. The van der Waals surface area contributed by atoms with E-state index in [4.69, 9.17) is 0 Å². The Morgan fingerprint density at radius 2 is 1.81 bits per heavy atom. The van der Waals surface area contributed by atoms with Crippen LogP contribution in [0.3, 0.4) is 0 Å². The third-order valence-electron chi connectivity index (χ3n) is 1.79. The van der Waals surface area contributed by atoms with Crippen molar-refractivity contribution in [3.8, 4) is 0 Å². The first kappa shape index (κ1) is 12.0. The number of nitrogens with one attached hydrogen (secondary N) is 1. The molecule has 0 heterocycles. The van der Waals surface area contributed by atoms with Gasteiger partial charge >= 0.3 is 0 Å². The fraction of sp³-hybridized carbons (Fsp3) is 0.0909. The van der Waals surface area contributed by atoms with Crippen LogP contribution in [0.2, 0.25) is 0 Å². The van der Waals surface area contributed by atoms with Gasteiger partial charge in [-0.1, -0.05) is 6.58 Å². The van der Waals surface area contributed by atoms with Gasteiger partial charge in [0.05, 0.1) is 6.54 Å². The van der Waals surface area contributed by atoms with Gasteiger partial charge in [0.25, 0.3) is 0 Å². The number of hydrogen-bond acceptors (Lipinski definition) is 2. The molecule has 0 aromatic heterocycles. The zero-order valence-electron chi connectivity index (χ0n) is 8.30. The Labute approximate surface area is 90.8 Å². The number of ketones is 1. The predicted octanol–water partition coefficient (Wildman–Crippen LogP) is 1.45. The van der Waals surface area contributed by atoms with Crippen LogP contribution in [0.4, 0.5) is 8.78 Å². The fourth-order valence-corrected chi connectivity index (χ4v) is 1.06. The van der Waals surface area contributed by atoms with Crippen molar-refractivity contribution in [1.29, 1.82) is 0 Å². The number of benzene rings is 1. The first-order valence-electron chi connectivity index (χ1n) is 4.42. The first-order valence-corrected chi connectivity index (χ1v) is 4.42. The summed E-state index contributed by atoms with van der Waals surface area (Å²) >= 11 is 0. The average Bonchev–Trinajstić information content (AvgIpc) is 2.23. The van der Waals surface area contributed by atoms with Crippen molar-refractivity contribution in [2.24, 2.45) is 0 Å². The molecule has 3 nitrogen and oxygen atoms in total. The van der Waals surface area contributed by atoms with Gasteiger partial charge in [-0.25, -0.2) is 8.78 Å².